The number of ether oxygens (including phenoxy) is 1. The number of amides is 1. The second kappa shape index (κ2) is 6.79. The van der Waals surface area contributed by atoms with Gasteiger partial charge in [-0.15, -0.1) is 0 Å². The number of rotatable bonds is 3. The van der Waals surface area contributed by atoms with Crippen LogP contribution in [0.3, 0.4) is 0 Å². The van der Waals surface area contributed by atoms with E-state index in [-0.39, 0.29) is 11.9 Å². The molecule has 2 aromatic heterocycles. The van der Waals surface area contributed by atoms with Gasteiger partial charge in [-0.1, -0.05) is 0 Å². The van der Waals surface area contributed by atoms with Gasteiger partial charge in [0.15, 0.2) is 0 Å². The normalized spacial score (nSPS) is 18.5. The Bertz CT molecular complexity index is 721. The molecule has 0 spiro atoms. The molecule has 3 heterocycles. The SMILES string of the molecule is Cc1cncc(/C=C/C(=O)N2CCOCC2c2cccn2C)c1. The minimum atomic E-state index is -0.0449. The van der Waals surface area contributed by atoms with Gasteiger partial charge in [0.2, 0.25) is 5.91 Å². The Morgan fingerprint density at radius 3 is 3.04 bits per heavy atom. The number of hydrogen-bond acceptors (Lipinski definition) is 3. The molecule has 1 aliphatic rings. The highest BCUT2D eigenvalue weighted by molar-refractivity contribution is 5.92. The second-order valence-corrected chi connectivity index (χ2v) is 5.80. The van der Waals surface area contributed by atoms with E-state index in [0.717, 1.165) is 16.8 Å². The van der Waals surface area contributed by atoms with Crippen molar-refractivity contribution in [2.75, 3.05) is 19.8 Å². The van der Waals surface area contributed by atoms with Crippen LogP contribution in [0.25, 0.3) is 6.08 Å². The van der Waals surface area contributed by atoms with Gasteiger partial charge in [0.25, 0.3) is 0 Å². The molecule has 0 saturated carbocycles. The summed E-state index contributed by atoms with van der Waals surface area (Å²) < 4.78 is 7.61. The monoisotopic (exact) mass is 311 g/mol. The molecule has 5 heteroatoms. The molecule has 1 atom stereocenters. The van der Waals surface area contributed by atoms with Gasteiger partial charge in [-0.05, 0) is 42.3 Å². The fourth-order valence-electron chi connectivity index (χ4n) is 2.87. The van der Waals surface area contributed by atoms with Crippen molar-refractivity contribution in [3.63, 3.8) is 0 Å². The van der Waals surface area contributed by atoms with E-state index in [1.165, 1.54) is 0 Å². The molecule has 0 bridgehead atoms. The van der Waals surface area contributed by atoms with E-state index >= 15 is 0 Å². The van der Waals surface area contributed by atoms with Gasteiger partial charge in [0, 0.05) is 44.0 Å². The minimum Gasteiger partial charge on any atom is -0.377 e. The number of morpholine rings is 1. The zero-order valence-corrected chi connectivity index (χ0v) is 13.5. The summed E-state index contributed by atoms with van der Waals surface area (Å²) >= 11 is 0. The third kappa shape index (κ3) is 3.51. The maximum Gasteiger partial charge on any atom is 0.247 e. The Labute approximate surface area is 136 Å². The van der Waals surface area contributed by atoms with Crippen molar-refractivity contribution in [1.82, 2.24) is 14.5 Å². The van der Waals surface area contributed by atoms with Crippen molar-refractivity contribution >= 4 is 12.0 Å². The summed E-state index contributed by atoms with van der Waals surface area (Å²) in [5.41, 5.74) is 3.10. The first kappa shape index (κ1) is 15.5. The van der Waals surface area contributed by atoms with Crippen LogP contribution in [0.1, 0.15) is 22.9 Å². The molecule has 1 aliphatic heterocycles. The molecule has 0 aromatic carbocycles. The largest absolute Gasteiger partial charge is 0.377 e. The van der Waals surface area contributed by atoms with Crippen LogP contribution < -0.4 is 0 Å². The lowest BCUT2D eigenvalue weighted by Gasteiger charge is -2.35. The molecule has 5 nitrogen and oxygen atoms in total. The van der Waals surface area contributed by atoms with Gasteiger partial charge in [-0.25, -0.2) is 0 Å². The van der Waals surface area contributed by atoms with Crippen molar-refractivity contribution in [3.8, 4) is 0 Å². The molecule has 1 fully saturated rings. The first-order chi connectivity index (χ1) is 11.1. The maximum absolute atomic E-state index is 12.6. The molecular weight excluding hydrogens is 290 g/mol. The number of carbonyl (C=O) groups is 1. The van der Waals surface area contributed by atoms with E-state index in [9.17, 15) is 4.79 Å². The lowest BCUT2D eigenvalue weighted by atomic mass is 10.1. The topological polar surface area (TPSA) is 47.4 Å². The first-order valence-electron chi connectivity index (χ1n) is 7.74. The first-order valence-corrected chi connectivity index (χ1v) is 7.74. The van der Waals surface area contributed by atoms with E-state index < -0.39 is 0 Å². The molecule has 0 N–H and O–H groups in total. The van der Waals surface area contributed by atoms with Crippen LogP contribution in [0.2, 0.25) is 0 Å². The lowest BCUT2D eigenvalue weighted by molar-refractivity contribution is -0.135. The van der Waals surface area contributed by atoms with Crippen molar-refractivity contribution in [2.24, 2.45) is 7.05 Å². The Balaban J connectivity index is 1.78. The summed E-state index contributed by atoms with van der Waals surface area (Å²) in [5, 5.41) is 0. The van der Waals surface area contributed by atoms with Gasteiger partial charge in [-0.3, -0.25) is 9.78 Å². The molecule has 1 amide bonds. The van der Waals surface area contributed by atoms with Crippen molar-refractivity contribution in [2.45, 2.75) is 13.0 Å². The summed E-state index contributed by atoms with van der Waals surface area (Å²) in [6.07, 6.45) is 8.98. The van der Waals surface area contributed by atoms with Gasteiger partial charge >= 0.3 is 0 Å². The van der Waals surface area contributed by atoms with Gasteiger partial charge in [0.05, 0.1) is 19.3 Å². The summed E-state index contributed by atoms with van der Waals surface area (Å²) in [4.78, 5) is 18.6. The molecule has 120 valence electrons. The molecule has 0 radical (unpaired) electrons. The highest BCUT2D eigenvalue weighted by atomic mass is 16.5. The van der Waals surface area contributed by atoms with Gasteiger partial charge in [-0.2, -0.15) is 0 Å². The Hall–Kier alpha value is -2.40. The van der Waals surface area contributed by atoms with E-state index in [4.69, 9.17) is 4.74 Å². The van der Waals surface area contributed by atoms with Crippen LogP contribution in [0.5, 0.6) is 0 Å². The Kier molecular flexibility index (Phi) is 4.57. The number of pyridine rings is 1. The second-order valence-electron chi connectivity index (χ2n) is 5.80. The van der Waals surface area contributed by atoms with E-state index in [2.05, 4.69) is 4.98 Å². The zero-order valence-electron chi connectivity index (χ0n) is 13.5. The summed E-state index contributed by atoms with van der Waals surface area (Å²) in [6.45, 7) is 3.70. The van der Waals surface area contributed by atoms with E-state index in [1.54, 1.807) is 18.5 Å². The number of nitrogens with zero attached hydrogens (tertiary/aromatic N) is 3. The minimum absolute atomic E-state index is 0.000932. The number of hydrogen-bond donors (Lipinski definition) is 0. The lowest BCUT2D eigenvalue weighted by Crippen LogP contribution is -2.43. The Morgan fingerprint density at radius 2 is 2.30 bits per heavy atom. The molecule has 3 rings (SSSR count). The highest BCUT2D eigenvalue weighted by Gasteiger charge is 2.28. The van der Waals surface area contributed by atoms with Crippen molar-refractivity contribution < 1.29 is 9.53 Å². The van der Waals surface area contributed by atoms with Gasteiger partial charge in [0.1, 0.15) is 0 Å². The molecule has 0 aliphatic carbocycles. The van der Waals surface area contributed by atoms with Crippen LogP contribution in [0.15, 0.2) is 42.9 Å². The molecular formula is C18H21N3O2. The summed E-state index contributed by atoms with van der Waals surface area (Å²) in [5.74, 6) is 0.000932. The van der Waals surface area contributed by atoms with Crippen LogP contribution in [-0.4, -0.2) is 40.1 Å². The third-order valence-electron chi connectivity index (χ3n) is 4.05. The number of aryl methyl sites for hydroxylation is 2. The van der Waals surface area contributed by atoms with E-state index in [1.807, 2.05) is 53.9 Å². The smallest absolute Gasteiger partial charge is 0.247 e. The van der Waals surface area contributed by atoms with Crippen LogP contribution >= 0.6 is 0 Å². The van der Waals surface area contributed by atoms with Crippen molar-refractivity contribution in [3.05, 3.63) is 59.7 Å². The predicted molar refractivity (Wildman–Crippen MR) is 88.7 cm³/mol. The van der Waals surface area contributed by atoms with Crippen LogP contribution in [-0.2, 0) is 16.6 Å². The molecule has 1 saturated heterocycles. The molecule has 1 unspecified atom stereocenters. The average Bonchev–Trinajstić information content (AvgIpc) is 2.98. The summed E-state index contributed by atoms with van der Waals surface area (Å²) in [6, 6.07) is 5.98. The fourth-order valence-corrected chi connectivity index (χ4v) is 2.87. The molecule has 2 aromatic rings. The highest BCUT2D eigenvalue weighted by Crippen LogP contribution is 2.24. The van der Waals surface area contributed by atoms with E-state index in [0.29, 0.717) is 19.8 Å². The van der Waals surface area contributed by atoms with Gasteiger partial charge < -0.3 is 14.2 Å². The summed E-state index contributed by atoms with van der Waals surface area (Å²) in [7, 11) is 1.99. The fraction of sp³-hybridized carbons (Fsp3) is 0.333. The standard InChI is InChI=1S/C18H21N3O2/c1-14-10-15(12-19-11-14)5-6-18(22)21-8-9-23-13-17(21)16-4-3-7-20(16)2/h3-7,10-12,17H,8-9,13H2,1-2H3/b6-5+. The van der Waals surface area contributed by atoms with Crippen LogP contribution in [0.4, 0.5) is 0 Å². The quantitative estimate of drug-likeness (QED) is 0.818. The number of carbonyl (C=O) groups excluding carboxylic acids is 1. The predicted octanol–water partition coefficient (Wildman–Crippen LogP) is 2.34. The Morgan fingerprint density at radius 1 is 1.43 bits per heavy atom. The average molecular weight is 311 g/mol. The zero-order chi connectivity index (χ0) is 16.2. The third-order valence-corrected chi connectivity index (χ3v) is 4.05. The van der Waals surface area contributed by atoms with Crippen molar-refractivity contribution in [1.29, 1.82) is 0 Å². The maximum atomic E-state index is 12.6. The molecule has 23 heavy (non-hydrogen) atoms. The number of aromatic nitrogens is 2. The van der Waals surface area contributed by atoms with Crippen LogP contribution in [0, 0.1) is 6.92 Å².